The van der Waals surface area contributed by atoms with Crippen molar-refractivity contribution in [1.29, 1.82) is 0 Å². The number of nitrogen functional groups attached to an aromatic ring is 1. The number of amides is 1. The quantitative estimate of drug-likeness (QED) is 0.369. The third-order valence-corrected chi connectivity index (χ3v) is 8.44. The van der Waals surface area contributed by atoms with Crippen LogP contribution < -0.4 is 5.73 Å². The first kappa shape index (κ1) is 25.3. The van der Waals surface area contributed by atoms with Gasteiger partial charge in [0.1, 0.15) is 34.5 Å². The molecule has 3 N–H and O–H groups in total. The normalized spacial score (nSPS) is 22.5. The Bertz CT molecular complexity index is 1540. The molecule has 2 aliphatic rings. The van der Waals surface area contributed by atoms with Gasteiger partial charge in [-0.2, -0.15) is 0 Å². The van der Waals surface area contributed by atoms with Crippen LogP contribution in [0.25, 0.3) is 16.8 Å². The van der Waals surface area contributed by atoms with Crippen molar-refractivity contribution in [3.63, 3.8) is 0 Å². The summed E-state index contributed by atoms with van der Waals surface area (Å²) in [6.07, 6.45) is 5.84. The maximum absolute atomic E-state index is 13.1. The van der Waals surface area contributed by atoms with E-state index in [0.29, 0.717) is 23.1 Å². The number of aliphatic hydroxyl groups is 1. The van der Waals surface area contributed by atoms with Crippen molar-refractivity contribution in [2.45, 2.75) is 57.0 Å². The Morgan fingerprint density at radius 2 is 1.85 bits per heavy atom. The summed E-state index contributed by atoms with van der Waals surface area (Å²) in [6, 6.07) is 17.7. The highest BCUT2D eigenvalue weighted by atomic mass is 16.3. The lowest BCUT2D eigenvalue weighted by Gasteiger charge is -2.41. The molecule has 4 heterocycles. The van der Waals surface area contributed by atoms with Crippen LogP contribution in [0.1, 0.15) is 50.2 Å². The van der Waals surface area contributed by atoms with Gasteiger partial charge >= 0.3 is 0 Å². The van der Waals surface area contributed by atoms with Crippen LogP contribution in [-0.4, -0.2) is 59.9 Å². The van der Waals surface area contributed by atoms with E-state index in [9.17, 15) is 9.90 Å². The molecule has 2 aromatic heterocycles. The molecule has 0 radical (unpaired) electrons. The number of hydrogen-bond acceptors (Lipinski definition) is 6. The lowest BCUT2D eigenvalue weighted by molar-refractivity contribution is -0.132. The lowest BCUT2D eigenvalue weighted by atomic mass is 9.87. The van der Waals surface area contributed by atoms with E-state index in [0.717, 1.165) is 35.5 Å². The molecule has 2 aromatic carbocycles. The van der Waals surface area contributed by atoms with Gasteiger partial charge in [-0.1, -0.05) is 61.2 Å². The molecule has 2 fully saturated rings. The van der Waals surface area contributed by atoms with Crippen LogP contribution >= 0.6 is 0 Å². The van der Waals surface area contributed by atoms with Crippen LogP contribution in [0, 0.1) is 0 Å². The number of piperazine rings is 1. The number of carbonyl (C=O) groups is 1. The van der Waals surface area contributed by atoms with Gasteiger partial charge in [0.05, 0.1) is 0 Å². The van der Waals surface area contributed by atoms with E-state index in [1.165, 1.54) is 6.08 Å². The van der Waals surface area contributed by atoms with Crippen LogP contribution in [0.4, 0.5) is 5.82 Å². The summed E-state index contributed by atoms with van der Waals surface area (Å²) in [5.41, 5.74) is 9.15. The van der Waals surface area contributed by atoms with Gasteiger partial charge in [-0.15, -0.1) is 0 Å². The fourth-order valence-electron chi connectivity index (χ4n) is 6.48. The highest BCUT2D eigenvalue weighted by Crippen LogP contribution is 2.46. The standard InChI is InChI=1S/C31H34N6O2/c1-5-25(38)37-23-17-24(36(18-23)19(2)3)27(37)30-34-26(28-29(32)33-15-16-35(28)30)20-11-13-22(14-12-20)31(4,39)21-9-7-6-8-10-21/h5-16,19,23-24,27,39H,1,17-18H2,2-4H3,(H2,32,33)/t23?,24-,27?,31?/m0/s1. The average Bonchev–Trinajstić information content (AvgIpc) is 3.65. The van der Waals surface area contributed by atoms with Gasteiger partial charge in [0.25, 0.3) is 0 Å². The Balaban J connectivity index is 1.46. The van der Waals surface area contributed by atoms with Gasteiger partial charge in [0.2, 0.25) is 5.91 Å². The third kappa shape index (κ3) is 3.94. The van der Waals surface area contributed by atoms with Crippen LogP contribution in [0.15, 0.2) is 79.6 Å². The molecule has 0 spiro atoms. The minimum atomic E-state index is -1.14. The lowest BCUT2D eigenvalue weighted by Crippen LogP contribution is -2.52. The molecule has 4 aromatic rings. The molecule has 4 atom stereocenters. The number of hydrogen-bond donors (Lipinski definition) is 2. The summed E-state index contributed by atoms with van der Waals surface area (Å²) in [5.74, 6) is 1.06. The van der Waals surface area contributed by atoms with E-state index >= 15 is 0 Å². The predicted octanol–water partition coefficient (Wildman–Crippen LogP) is 4.15. The van der Waals surface area contributed by atoms with Gasteiger partial charge in [-0.3, -0.25) is 14.1 Å². The fourth-order valence-corrected chi connectivity index (χ4v) is 6.48. The molecule has 200 valence electrons. The summed E-state index contributed by atoms with van der Waals surface area (Å²) in [5, 5.41) is 11.3. The molecular formula is C31H34N6O2. The largest absolute Gasteiger partial charge is 0.382 e. The second kappa shape index (κ2) is 9.32. The van der Waals surface area contributed by atoms with Crippen LogP contribution in [0.3, 0.4) is 0 Å². The zero-order valence-corrected chi connectivity index (χ0v) is 22.5. The molecular weight excluding hydrogens is 488 g/mol. The Hall–Kier alpha value is -4.01. The summed E-state index contributed by atoms with van der Waals surface area (Å²) < 4.78 is 1.99. The maximum Gasteiger partial charge on any atom is 0.246 e. The maximum atomic E-state index is 13.1. The molecule has 2 bridgehead atoms. The number of likely N-dealkylation sites (tertiary alicyclic amines) is 2. The summed E-state index contributed by atoms with van der Waals surface area (Å²) >= 11 is 0. The molecule has 0 aliphatic carbocycles. The molecule has 2 aliphatic heterocycles. The van der Waals surface area contributed by atoms with Crippen molar-refractivity contribution < 1.29 is 9.90 Å². The van der Waals surface area contributed by atoms with E-state index in [-0.39, 0.29) is 24.0 Å². The Kier molecular flexibility index (Phi) is 6.04. The third-order valence-electron chi connectivity index (χ3n) is 8.44. The van der Waals surface area contributed by atoms with Crippen molar-refractivity contribution in [3.05, 3.63) is 96.6 Å². The number of rotatable bonds is 6. The minimum absolute atomic E-state index is 0.0799. The van der Waals surface area contributed by atoms with Crippen molar-refractivity contribution in [2.75, 3.05) is 12.3 Å². The van der Waals surface area contributed by atoms with Crippen molar-refractivity contribution in [3.8, 4) is 11.3 Å². The molecule has 3 unspecified atom stereocenters. The number of anilines is 1. The summed E-state index contributed by atoms with van der Waals surface area (Å²) in [7, 11) is 0. The number of nitrogens with two attached hydrogens (primary N) is 1. The van der Waals surface area contributed by atoms with E-state index in [4.69, 9.17) is 10.7 Å². The number of imidazole rings is 1. The second-order valence-electron chi connectivity index (χ2n) is 11.0. The first-order chi connectivity index (χ1) is 18.7. The Morgan fingerprint density at radius 3 is 2.51 bits per heavy atom. The minimum Gasteiger partial charge on any atom is -0.382 e. The zero-order chi connectivity index (χ0) is 27.5. The van der Waals surface area contributed by atoms with Gasteiger partial charge in [0.15, 0.2) is 0 Å². The first-order valence-electron chi connectivity index (χ1n) is 13.4. The molecule has 8 nitrogen and oxygen atoms in total. The average molecular weight is 523 g/mol. The van der Waals surface area contributed by atoms with Gasteiger partial charge < -0.3 is 15.7 Å². The van der Waals surface area contributed by atoms with E-state index < -0.39 is 5.60 Å². The molecule has 6 rings (SSSR count). The monoisotopic (exact) mass is 522 g/mol. The van der Waals surface area contributed by atoms with Crippen LogP contribution in [-0.2, 0) is 10.4 Å². The van der Waals surface area contributed by atoms with E-state index in [1.807, 2.05) is 70.1 Å². The van der Waals surface area contributed by atoms with Crippen LogP contribution in [0.2, 0.25) is 0 Å². The van der Waals surface area contributed by atoms with E-state index in [2.05, 4.69) is 30.3 Å². The SMILES string of the molecule is C=CC(=O)N1C2C[C@@H](C1c1nc(-c3ccc(C(C)(O)c4ccccc4)cc3)c3c(N)nccn13)N(C(C)C)C2. The Labute approximate surface area is 228 Å². The fraction of sp³-hybridized carbons (Fsp3) is 0.323. The Morgan fingerprint density at radius 1 is 1.15 bits per heavy atom. The number of aromatic nitrogens is 3. The highest BCUT2D eigenvalue weighted by molar-refractivity contribution is 5.89. The van der Waals surface area contributed by atoms with Crippen molar-refractivity contribution >= 4 is 17.2 Å². The molecule has 2 saturated heterocycles. The van der Waals surface area contributed by atoms with Crippen LogP contribution in [0.5, 0.6) is 0 Å². The number of benzene rings is 2. The number of nitrogens with zero attached hydrogens (tertiary/aromatic N) is 5. The second-order valence-corrected chi connectivity index (χ2v) is 11.0. The molecule has 1 amide bonds. The number of fused-ring (bicyclic) bond motifs is 3. The van der Waals surface area contributed by atoms with Crippen molar-refractivity contribution in [2.24, 2.45) is 0 Å². The number of carbonyl (C=O) groups excluding carboxylic acids is 1. The van der Waals surface area contributed by atoms with Gasteiger partial charge in [-0.05, 0) is 44.4 Å². The predicted molar refractivity (Wildman–Crippen MR) is 152 cm³/mol. The summed E-state index contributed by atoms with van der Waals surface area (Å²) in [4.78, 5) is 27.0. The molecule has 39 heavy (non-hydrogen) atoms. The first-order valence-corrected chi connectivity index (χ1v) is 13.4. The zero-order valence-electron chi connectivity index (χ0n) is 22.5. The van der Waals surface area contributed by atoms with Gasteiger partial charge in [-0.25, -0.2) is 9.97 Å². The summed E-state index contributed by atoms with van der Waals surface area (Å²) in [6.45, 7) is 10.8. The molecule has 0 saturated carbocycles. The van der Waals surface area contributed by atoms with Crippen molar-refractivity contribution in [1.82, 2.24) is 24.2 Å². The molecule has 8 heteroatoms. The van der Waals surface area contributed by atoms with Gasteiger partial charge in [0, 0.05) is 42.6 Å². The topological polar surface area (TPSA) is 100.0 Å². The smallest absolute Gasteiger partial charge is 0.246 e. The highest BCUT2D eigenvalue weighted by Gasteiger charge is 2.54. The van der Waals surface area contributed by atoms with E-state index in [1.54, 1.807) is 13.1 Å².